The smallest absolute Gasteiger partial charge is 0.261 e. The number of benzene rings is 3. The highest BCUT2D eigenvalue weighted by molar-refractivity contribution is 7.92. The summed E-state index contributed by atoms with van der Waals surface area (Å²) in [6, 6.07) is 16.8. The SMILES string of the molecule is Cc1ccc(C(=O)N2CCCc3cc(S(=O)(=O)Nc4cc(Cl)cc(Cl)c4)ccc32)cc1. The fourth-order valence-corrected chi connectivity index (χ4v) is 5.25. The van der Waals surface area contributed by atoms with Crippen molar-refractivity contribution in [2.75, 3.05) is 16.2 Å². The van der Waals surface area contributed by atoms with Gasteiger partial charge in [-0.05, 0) is 73.9 Å². The Morgan fingerprint density at radius 1 is 0.968 bits per heavy atom. The van der Waals surface area contributed by atoms with Gasteiger partial charge in [0.1, 0.15) is 0 Å². The van der Waals surface area contributed by atoms with Crippen molar-refractivity contribution in [3.05, 3.63) is 87.4 Å². The molecule has 4 rings (SSSR count). The third kappa shape index (κ3) is 4.71. The van der Waals surface area contributed by atoms with E-state index >= 15 is 0 Å². The Balaban J connectivity index is 1.63. The first-order chi connectivity index (χ1) is 14.7. The van der Waals surface area contributed by atoms with E-state index in [9.17, 15) is 13.2 Å². The minimum Gasteiger partial charge on any atom is -0.308 e. The van der Waals surface area contributed by atoms with E-state index in [2.05, 4.69) is 4.72 Å². The number of amides is 1. The highest BCUT2D eigenvalue weighted by Gasteiger charge is 2.25. The van der Waals surface area contributed by atoms with Gasteiger partial charge in [0.15, 0.2) is 0 Å². The molecule has 0 bridgehead atoms. The van der Waals surface area contributed by atoms with Crippen molar-refractivity contribution in [1.29, 1.82) is 0 Å². The predicted molar refractivity (Wildman–Crippen MR) is 125 cm³/mol. The number of aryl methyl sites for hydroxylation is 2. The number of halogens is 2. The summed E-state index contributed by atoms with van der Waals surface area (Å²) >= 11 is 11.9. The highest BCUT2D eigenvalue weighted by atomic mass is 35.5. The molecule has 0 aromatic heterocycles. The monoisotopic (exact) mass is 474 g/mol. The van der Waals surface area contributed by atoms with Gasteiger partial charge in [-0.1, -0.05) is 40.9 Å². The molecular weight excluding hydrogens is 455 g/mol. The molecule has 0 fully saturated rings. The summed E-state index contributed by atoms with van der Waals surface area (Å²) in [4.78, 5) is 14.9. The number of hydrogen-bond acceptors (Lipinski definition) is 3. The zero-order valence-electron chi connectivity index (χ0n) is 16.7. The third-order valence-corrected chi connectivity index (χ3v) is 6.95. The largest absolute Gasteiger partial charge is 0.308 e. The van der Waals surface area contributed by atoms with Crippen LogP contribution < -0.4 is 9.62 Å². The Labute approximate surface area is 191 Å². The van der Waals surface area contributed by atoms with Crippen molar-refractivity contribution in [2.24, 2.45) is 0 Å². The van der Waals surface area contributed by atoms with Crippen LogP contribution in [0.25, 0.3) is 0 Å². The molecule has 0 spiro atoms. The van der Waals surface area contributed by atoms with Gasteiger partial charge in [0, 0.05) is 27.8 Å². The second kappa shape index (κ2) is 8.54. The molecule has 160 valence electrons. The van der Waals surface area contributed by atoms with E-state index in [-0.39, 0.29) is 16.5 Å². The molecule has 31 heavy (non-hydrogen) atoms. The average Bonchev–Trinajstić information content (AvgIpc) is 2.72. The number of carbonyl (C=O) groups is 1. The first kappa shape index (κ1) is 21.7. The van der Waals surface area contributed by atoms with E-state index in [0.717, 1.165) is 23.2 Å². The van der Waals surface area contributed by atoms with Crippen molar-refractivity contribution in [3.8, 4) is 0 Å². The maximum absolute atomic E-state index is 13.0. The van der Waals surface area contributed by atoms with Crippen molar-refractivity contribution < 1.29 is 13.2 Å². The third-order valence-electron chi connectivity index (χ3n) is 5.14. The topological polar surface area (TPSA) is 66.5 Å². The maximum Gasteiger partial charge on any atom is 0.261 e. The second-order valence-corrected chi connectivity index (χ2v) is 10.0. The van der Waals surface area contributed by atoms with Crippen LogP contribution >= 0.6 is 23.2 Å². The molecule has 0 aliphatic carbocycles. The van der Waals surface area contributed by atoms with Gasteiger partial charge in [-0.3, -0.25) is 9.52 Å². The van der Waals surface area contributed by atoms with Crippen LogP contribution in [0.15, 0.2) is 65.6 Å². The lowest BCUT2D eigenvalue weighted by molar-refractivity contribution is 0.0985. The summed E-state index contributed by atoms with van der Waals surface area (Å²) in [5.41, 5.74) is 3.53. The highest BCUT2D eigenvalue weighted by Crippen LogP contribution is 2.32. The summed E-state index contributed by atoms with van der Waals surface area (Å²) in [6.07, 6.45) is 1.45. The maximum atomic E-state index is 13.0. The van der Waals surface area contributed by atoms with Crippen LogP contribution in [0, 0.1) is 6.92 Å². The zero-order chi connectivity index (χ0) is 22.2. The molecule has 0 saturated heterocycles. The quantitative estimate of drug-likeness (QED) is 0.527. The molecule has 1 amide bonds. The number of nitrogens with one attached hydrogen (secondary N) is 1. The summed E-state index contributed by atoms with van der Waals surface area (Å²) < 4.78 is 28.3. The summed E-state index contributed by atoms with van der Waals surface area (Å²) in [6.45, 7) is 2.56. The van der Waals surface area contributed by atoms with E-state index < -0.39 is 10.0 Å². The summed E-state index contributed by atoms with van der Waals surface area (Å²) in [5, 5.41) is 0.668. The number of rotatable bonds is 4. The van der Waals surface area contributed by atoms with Gasteiger partial charge in [-0.25, -0.2) is 8.42 Å². The van der Waals surface area contributed by atoms with E-state index in [1.54, 1.807) is 17.0 Å². The summed E-state index contributed by atoms with van der Waals surface area (Å²) in [7, 11) is -3.85. The molecule has 3 aromatic carbocycles. The van der Waals surface area contributed by atoms with Gasteiger partial charge in [0.2, 0.25) is 0 Å². The lowest BCUT2D eigenvalue weighted by Crippen LogP contribution is -2.35. The first-order valence-electron chi connectivity index (χ1n) is 9.73. The molecule has 8 heteroatoms. The normalized spacial score (nSPS) is 13.6. The molecule has 1 N–H and O–H groups in total. The Morgan fingerprint density at radius 3 is 2.32 bits per heavy atom. The first-order valence-corrected chi connectivity index (χ1v) is 12.0. The van der Waals surface area contributed by atoms with Crippen molar-refractivity contribution in [2.45, 2.75) is 24.7 Å². The average molecular weight is 475 g/mol. The van der Waals surface area contributed by atoms with Gasteiger partial charge in [-0.15, -0.1) is 0 Å². The number of sulfonamides is 1. The lowest BCUT2D eigenvalue weighted by Gasteiger charge is -2.30. The van der Waals surface area contributed by atoms with Crippen molar-refractivity contribution >= 4 is 50.5 Å². The van der Waals surface area contributed by atoms with Crippen molar-refractivity contribution in [1.82, 2.24) is 0 Å². The fraction of sp³-hybridized carbons (Fsp3) is 0.174. The van der Waals surface area contributed by atoms with Crippen LogP contribution in [0.3, 0.4) is 0 Å². The van der Waals surface area contributed by atoms with Crippen LogP contribution in [-0.2, 0) is 16.4 Å². The molecule has 3 aromatic rings. The van der Waals surface area contributed by atoms with Crippen LogP contribution in [0.2, 0.25) is 10.0 Å². The number of hydrogen-bond donors (Lipinski definition) is 1. The van der Waals surface area contributed by atoms with Crippen molar-refractivity contribution in [3.63, 3.8) is 0 Å². The molecule has 0 unspecified atom stereocenters. The molecular formula is C23H20Cl2N2O3S. The van der Waals surface area contributed by atoms with Crippen LogP contribution in [0.4, 0.5) is 11.4 Å². The Morgan fingerprint density at radius 2 is 1.65 bits per heavy atom. The van der Waals surface area contributed by atoms with E-state index in [0.29, 0.717) is 28.6 Å². The van der Waals surface area contributed by atoms with Gasteiger partial charge >= 0.3 is 0 Å². The Bertz CT molecular complexity index is 1240. The predicted octanol–water partition coefficient (Wildman–Crippen LogP) is 5.70. The fourth-order valence-electron chi connectivity index (χ4n) is 3.63. The van der Waals surface area contributed by atoms with Gasteiger partial charge in [0.25, 0.3) is 15.9 Å². The van der Waals surface area contributed by atoms with E-state index in [4.69, 9.17) is 23.2 Å². The van der Waals surface area contributed by atoms with Gasteiger partial charge < -0.3 is 4.90 Å². The number of fused-ring (bicyclic) bond motifs is 1. The molecule has 5 nitrogen and oxygen atoms in total. The molecule has 1 aliphatic heterocycles. The standard InChI is InChI=1S/C23H20Cl2N2O3S/c1-15-4-6-16(7-5-15)23(28)27-10-2-3-17-11-21(8-9-22(17)27)31(29,30)26-20-13-18(24)12-19(25)14-20/h4-9,11-14,26H,2-3,10H2,1H3. The molecule has 1 aliphatic rings. The summed E-state index contributed by atoms with van der Waals surface area (Å²) in [5.74, 6) is -0.0942. The zero-order valence-corrected chi connectivity index (χ0v) is 19.1. The minimum absolute atomic E-state index is 0.0942. The van der Waals surface area contributed by atoms with Crippen LogP contribution in [-0.4, -0.2) is 20.9 Å². The van der Waals surface area contributed by atoms with Gasteiger partial charge in [0.05, 0.1) is 10.6 Å². The number of nitrogens with zero attached hydrogens (tertiary/aromatic N) is 1. The second-order valence-electron chi connectivity index (χ2n) is 7.48. The molecule has 1 heterocycles. The lowest BCUT2D eigenvalue weighted by atomic mass is 10.0. The van der Waals surface area contributed by atoms with E-state index in [1.165, 1.54) is 24.3 Å². The number of carbonyl (C=O) groups excluding carboxylic acids is 1. The van der Waals surface area contributed by atoms with Crippen LogP contribution in [0.5, 0.6) is 0 Å². The molecule has 0 radical (unpaired) electrons. The Kier molecular flexibility index (Phi) is 5.97. The molecule has 0 saturated carbocycles. The van der Waals surface area contributed by atoms with E-state index in [1.807, 2.05) is 31.2 Å². The van der Waals surface area contributed by atoms with Gasteiger partial charge in [-0.2, -0.15) is 0 Å². The Hall–Kier alpha value is -2.54. The minimum atomic E-state index is -3.85. The van der Waals surface area contributed by atoms with Crippen LogP contribution in [0.1, 0.15) is 27.9 Å². The molecule has 0 atom stereocenters. The number of anilines is 2.